The fourth-order valence-corrected chi connectivity index (χ4v) is 0.979. The molecule has 0 bridgehead atoms. The molecule has 0 heterocycles. The molecule has 0 saturated carbocycles. The van der Waals surface area contributed by atoms with E-state index in [0.717, 1.165) is 0 Å². The second kappa shape index (κ2) is 8.26. The predicted molar refractivity (Wildman–Crippen MR) is 56.6 cm³/mol. The fourth-order valence-electron chi connectivity index (χ4n) is 0.979. The molecule has 0 rings (SSSR count). The van der Waals surface area contributed by atoms with Gasteiger partial charge in [-0.1, -0.05) is 12.7 Å². The third kappa shape index (κ3) is 5.39. The lowest BCUT2D eigenvalue weighted by atomic mass is 10.5. The van der Waals surface area contributed by atoms with Gasteiger partial charge in [0.15, 0.2) is 6.29 Å². The van der Waals surface area contributed by atoms with Crippen LogP contribution in [0.2, 0.25) is 0 Å². The maximum Gasteiger partial charge on any atom is 0.410 e. The van der Waals surface area contributed by atoms with Crippen molar-refractivity contribution in [2.45, 2.75) is 13.2 Å². The molecule has 0 aliphatic heterocycles. The van der Waals surface area contributed by atoms with Gasteiger partial charge in [0.2, 0.25) is 0 Å². The van der Waals surface area contributed by atoms with E-state index < -0.39 is 12.4 Å². The van der Waals surface area contributed by atoms with Crippen LogP contribution in [0.15, 0.2) is 12.7 Å². The number of likely N-dealkylation sites (N-methyl/N-ethyl adjacent to an activating group) is 1. The molecule has 5 heteroatoms. The Bertz CT molecular complexity index is 192. The van der Waals surface area contributed by atoms with Crippen molar-refractivity contribution >= 4 is 6.09 Å². The van der Waals surface area contributed by atoms with E-state index in [2.05, 4.69) is 6.58 Å². The number of amides is 1. The lowest BCUT2D eigenvalue weighted by Gasteiger charge is -2.23. The Labute approximate surface area is 90.6 Å². The Hall–Kier alpha value is -1.07. The second-order valence-electron chi connectivity index (χ2n) is 2.81. The van der Waals surface area contributed by atoms with Crippen LogP contribution < -0.4 is 0 Å². The zero-order valence-electron chi connectivity index (χ0n) is 9.56. The molecule has 0 aromatic carbocycles. The molecule has 0 radical (unpaired) electrons. The Balaban J connectivity index is 4.09. The molecule has 0 atom stereocenters. The summed E-state index contributed by atoms with van der Waals surface area (Å²) < 4.78 is 14.9. The number of nitrogens with zero attached hydrogens (tertiary/aromatic N) is 1. The van der Waals surface area contributed by atoms with E-state index in [1.54, 1.807) is 0 Å². The van der Waals surface area contributed by atoms with Crippen molar-refractivity contribution < 1.29 is 19.0 Å². The Kier molecular flexibility index (Phi) is 7.67. The molecule has 5 nitrogen and oxygen atoms in total. The van der Waals surface area contributed by atoms with Crippen molar-refractivity contribution in [1.82, 2.24) is 4.90 Å². The predicted octanol–water partition coefficient (Wildman–Crippen LogP) is 1.25. The summed E-state index contributed by atoms with van der Waals surface area (Å²) in [6.45, 7) is 6.42. The number of rotatable bonds is 7. The van der Waals surface area contributed by atoms with Crippen LogP contribution in [-0.2, 0) is 14.2 Å². The first kappa shape index (κ1) is 13.9. The van der Waals surface area contributed by atoms with Crippen molar-refractivity contribution in [2.24, 2.45) is 0 Å². The molecule has 0 fully saturated rings. The summed E-state index contributed by atoms with van der Waals surface area (Å²) in [6.07, 6.45) is 0.702. The van der Waals surface area contributed by atoms with Crippen LogP contribution in [0, 0.1) is 0 Å². The van der Waals surface area contributed by atoms with Gasteiger partial charge >= 0.3 is 6.09 Å². The van der Waals surface area contributed by atoms with E-state index in [0.29, 0.717) is 13.1 Å². The topological polar surface area (TPSA) is 48.0 Å². The molecule has 0 aliphatic carbocycles. The molecule has 0 spiro atoms. The van der Waals surface area contributed by atoms with Crippen LogP contribution in [0.25, 0.3) is 0 Å². The summed E-state index contributed by atoms with van der Waals surface area (Å²) in [4.78, 5) is 12.9. The highest BCUT2D eigenvalue weighted by Crippen LogP contribution is 2.00. The maximum atomic E-state index is 11.4. The molecule has 0 aromatic heterocycles. The average Bonchev–Trinajstić information content (AvgIpc) is 2.27. The van der Waals surface area contributed by atoms with E-state index in [9.17, 15) is 4.79 Å². The van der Waals surface area contributed by atoms with Gasteiger partial charge in [-0.15, -0.1) is 0 Å². The minimum atomic E-state index is -0.429. The smallest absolute Gasteiger partial charge is 0.410 e. The zero-order chi connectivity index (χ0) is 11.7. The average molecular weight is 217 g/mol. The number of hydrogen-bond acceptors (Lipinski definition) is 4. The molecule has 0 saturated heterocycles. The van der Waals surface area contributed by atoms with E-state index in [-0.39, 0.29) is 6.61 Å². The molecule has 1 amide bonds. The number of methoxy groups -OCH3 is 2. The molecule has 15 heavy (non-hydrogen) atoms. The maximum absolute atomic E-state index is 11.4. The molecule has 0 aliphatic rings. The SMILES string of the molecule is C=CCOC(=O)N(CC)CC(OC)OC. The van der Waals surface area contributed by atoms with Crippen molar-refractivity contribution in [1.29, 1.82) is 0 Å². The number of ether oxygens (including phenoxy) is 3. The summed E-state index contributed by atoms with van der Waals surface area (Å²) in [6, 6.07) is 0. The van der Waals surface area contributed by atoms with E-state index >= 15 is 0 Å². The summed E-state index contributed by atoms with van der Waals surface area (Å²) in [5.41, 5.74) is 0. The van der Waals surface area contributed by atoms with Crippen LogP contribution in [0.4, 0.5) is 4.79 Å². The van der Waals surface area contributed by atoms with Crippen LogP contribution in [-0.4, -0.2) is 51.2 Å². The molecule has 0 aromatic rings. The second-order valence-corrected chi connectivity index (χ2v) is 2.81. The molecule has 88 valence electrons. The van der Waals surface area contributed by atoms with E-state index in [1.165, 1.54) is 25.2 Å². The Morgan fingerprint density at radius 3 is 2.47 bits per heavy atom. The van der Waals surface area contributed by atoms with Crippen LogP contribution in [0.5, 0.6) is 0 Å². The monoisotopic (exact) mass is 217 g/mol. The zero-order valence-corrected chi connectivity index (χ0v) is 9.56. The number of carbonyl (C=O) groups excluding carboxylic acids is 1. The largest absolute Gasteiger partial charge is 0.445 e. The van der Waals surface area contributed by atoms with Gasteiger partial charge in [0.05, 0.1) is 6.54 Å². The highest BCUT2D eigenvalue weighted by molar-refractivity contribution is 5.67. The Morgan fingerprint density at radius 1 is 1.47 bits per heavy atom. The molecular weight excluding hydrogens is 198 g/mol. The minimum Gasteiger partial charge on any atom is -0.445 e. The van der Waals surface area contributed by atoms with Gasteiger partial charge < -0.3 is 19.1 Å². The van der Waals surface area contributed by atoms with Crippen molar-refractivity contribution in [3.8, 4) is 0 Å². The highest BCUT2D eigenvalue weighted by Gasteiger charge is 2.17. The van der Waals surface area contributed by atoms with Crippen LogP contribution in [0.3, 0.4) is 0 Å². The van der Waals surface area contributed by atoms with Gasteiger partial charge in [0.1, 0.15) is 6.61 Å². The summed E-state index contributed by atoms with van der Waals surface area (Å²) >= 11 is 0. The van der Waals surface area contributed by atoms with Gasteiger partial charge in [-0.2, -0.15) is 0 Å². The van der Waals surface area contributed by atoms with E-state index in [4.69, 9.17) is 14.2 Å². The first-order valence-electron chi connectivity index (χ1n) is 4.77. The van der Waals surface area contributed by atoms with Gasteiger partial charge in [-0.3, -0.25) is 0 Å². The third-order valence-electron chi connectivity index (χ3n) is 1.86. The van der Waals surface area contributed by atoms with Crippen LogP contribution >= 0.6 is 0 Å². The lowest BCUT2D eigenvalue weighted by molar-refractivity contribution is -0.113. The third-order valence-corrected chi connectivity index (χ3v) is 1.86. The highest BCUT2D eigenvalue weighted by atomic mass is 16.7. The van der Waals surface area contributed by atoms with E-state index in [1.807, 2.05) is 6.92 Å². The molecular formula is C10H19NO4. The van der Waals surface area contributed by atoms with Gasteiger partial charge in [0.25, 0.3) is 0 Å². The van der Waals surface area contributed by atoms with Crippen molar-refractivity contribution in [3.63, 3.8) is 0 Å². The summed E-state index contributed by atoms with van der Waals surface area (Å²) in [7, 11) is 3.05. The lowest BCUT2D eigenvalue weighted by Crippen LogP contribution is -2.39. The number of hydrogen-bond donors (Lipinski definition) is 0. The van der Waals surface area contributed by atoms with Gasteiger partial charge in [-0.25, -0.2) is 4.79 Å². The van der Waals surface area contributed by atoms with Crippen molar-refractivity contribution in [2.75, 3.05) is 33.9 Å². The minimum absolute atomic E-state index is 0.208. The number of carbonyl (C=O) groups is 1. The summed E-state index contributed by atoms with van der Waals surface area (Å²) in [5, 5.41) is 0. The van der Waals surface area contributed by atoms with Gasteiger partial charge in [0, 0.05) is 20.8 Å². The first-order valence-corrected chi connectivity index (χ1v) is 4.77. The van der Waals surface area contributed by atoms with Gasteiger partial charge in [-0.05, 0) is 6.92 Å². The fraction of sp³-hybridized carbons (Fsp3) is 0.700. The normalized spacial score (nSPS) is 10.1. The van der Waals surface area contributed by atoms with Crippen LogP contribution in [0.1, 0.15) is 6.92 Å². The molecule has 0 unspecified atom stereocenters. The first-order chi connectivity index (χ1) is 7.19. The Morgan fingerprint density at radius 2 is 2.07 bits per heavy atom. The standard InChI is InChI=1S/C10H19NO4/c1-5-7-15-10(12)11(6-2)8-9(13-3)14-4/h5,9H,1,6-8H2,2-4H3. The summed E-state index contributed by atoms with van der Waals surface area (Å²) in [5.74, 6) is 0. The quantitative estimate of drug-likeness (QED) is 0.475. The van der Waals surface area contributed by atoms with Crippen molar-refractivity contribution in [3.05, 3.63) is 12.7 Å². The molecule has 0 N–H and O–H groups in total.